The minimum absolute atomic E-state index is 0.201. The molecule has 1 aliphatic rings. The lowest BCUT2D eigenvalue weighted by atomic mass is 9.85. The molecule has 142 valence electrons. The first-order valence-electron chi connectivity index (χ1n) is 9.54. The van der Waals surface area contributed by atoms with Gasteiger partial charge in [-0.25, -0.2) is 0 Å². The molecule has 0 fully saturated rings. The molecule has 1 N–H and O–H groups in total. The van der Waals surface area contributed by atoms with Crippen LogP contribution in [-0.4, -0.2) is 23.3 Å². The minimum Gasteiger partial charge on any atom is -0.375 e. The van der Waals surface area contributed by atoms with E-state index in [1.54, 1.807) is 17.0 Å². The average Bonchev–Trinajstić information content (AvgIpc) is 2.80. The van der Waals surface area contributed by atoms with Gasteiger partial charge in [-0.1, -0.05) is 49.2 Å². The van der Waals surface area contributed by atoms with Crippen LogP contribution >= 0.6 is 0 Å². The van der Waals surface area contributed by atoms with E-state index in [0.29, 0.717) is 23.4 Å². The van der Waals surface area contributed by atoms with Crippen molar-refractivity contribution in [1.29, 1.82) is 0 Å². The molecule has 4 heteroatoms. The molecule has 0 aliphatic carbocycles. The quantitative estimate of drug-likeness (QED) is 0.780. The number of amides is 1. The molecule has 2 aromatic rings. The van der Waals surface area contributed by atoms with Crippen molar-refractivity contribution in [2.75, 3.05) is 11.4 Å². The van der Waals surface area contributed by atoms with Crippen molar-refractivity contribution in [3.8, 4) is 0 Å². The normalized spacial score (nSPS) is 18.7. The van der Waals surface area contributed by atoms with Gasteiger partial charge in [0.25, 0.3) is 5.91 Å². The molecule has 3 rings (SSSR count). The molecule has 0 radical (unpaired) electrons. The van der Waals surface area contributed by atoms with Gasteiger partial charge in [0.1, 0.15) is 0 Å². The minimum atomic E-state index is -1.80. The molecule has 0 saturated heterocycles. The van der Waals surface area contributed by atoms with Crippen molar-refractivity contribution in [1.82, 2.24) is 0 Å². The lowest BCUT2D eigenvalue weighted by Crippen LogP contribution is -2.42. The van der Waals surface area contributed by atoms with Gasteiger partial charge in [0.05, 0.1) is 12.1 Å². The Hall–Kier alpha value is -2.46. The number of hydrogen-bond acceptors (Lipinski definition) is 3. The third kappa shape index (κ3) is 3.30. The van der Waals surface area contributed by atoms with E-state index in [1.807, 2.05) is 45.0 Å². The van der Waals surface area contributed by atoms with Crippen molar-refractivity contribution >= 4 is 17.4 Å². The molecule has 0 spiro atoms. The fourth-order valence-corrected chi connectivity index (χ4v) is 4.16. The van der Waals surface area contributed by atoms with Crippen molar-refractivity contribution in [3.63, 3.8) is 0 Å². The summed E-state index contributed by atoms with van der Waals surface area (Å²) in [7, 11) is 0. The zero-order valence-corrected chi connectivity index (χ0v) is 16.5. The SMILES string of the molecule is CCCCN1C(=O)[C@@](O)(CC(=O)c2c(C)cc(C)cc2C)c2ccccc21. The van der Waals surface area contributed by atoms with Crippen molar-refractivity contribution in [3.05, 3.63) is 64.2 Å². The van der Waals surface area contributed by atoms with E-state index in [4.69, 9.17) is 0 Å². The second-order valence-electron chi connectivity index (χ2n) is 7.56. The molecule has 0 aromatic heterocycles. The Labute approximate surface area is 160 Å². The third-order valence-electron chi connectivity index (χ3n) is 5.35. The van der Waals surface area contributed by atoms with E-state index in [0.717, 1.165) is 29.5 Å². The first-order valence-corrected chi connectivity index (χ1v) is 9.54. The number of ketones is 1. The highest BCUT2D eigenvalue weighted by Gasteiger charge is 2.50. The highest BCUT2D eigenvalue weighted by Crippen LogP contribution is 2.43. The topological polar surface area (TPSA) is 57.6 Å². The summed E-state index contributed by atoms with van der Waals surface area (Å²) < 4.78 is 0. The number of hydrogen-bond donors (Lipinski definition) is 1. The van der Waals surface area contributed by atoms with Crippen LogP contribution in [0.3, 0.4) is 0 Å². The number of aliphatic hydroxyl groups is 1. The van der Waals surface area contributed by atoms with Gasteiger partial charge in [-0.3, -0.25) is 9.59 Å². The number of rotatable bonds is 6. The van der Waals surface area contributed by atoms with Crippen LogP contribution in [-0.2, 0) is 10.4 Å². The summed E-state index contributed by atoms with van der Waals surface area (Å²) in [5.41, 5.74) is 2.89. The molecule has 1 amide bonds. The largest absolute Gasteiger partial charge is 0.375 e. The summed E-state index contributed by atoms with van der Waals surface area (Å²) in [6.07, 6.45) is 1.56. The molecule has 27 heavy (non-hydrogen) atoms. The predicted molar refractivity (Wildman–Crippen MR) is 107 cm³/mol. The summed E-state index contributed by atoms with van der Waals surface area (Å²) in [6.45, 7) is 8.39. The zero-order valence-electron chi connectivity index (χ0n) is 16.5. The monoisotopic (exact) mass is 365 g/mol. The first kappa shape index (κ1) is 19.3. The van der Waals surface area contributed by atoms with Gasteiger partial charge in [0, 0.05) is 17.7 Å². The number of nitrogens with zero attached hydrogens (tertiary/aromatic N) is 1. The molecule has 4 nitrogen and oxygen atoms in total. The Morgan fingerprint density at radius 3 is 2.37 bits per heavy atom. The lowest BCUT2D eigenvalue weighted by Gasteiger charge is -2.23. The molecule has 2 aromatic carbocycles. The van der Waals surface area contributed by atoms with Crippen LogP contribution in [0, 0.1) is 20.8 Å². The zero-order chi connectivity index (χ0) is 19.8. The van der Waals surface area contributed by atoms with E-state index >= 15 is 0 Å². The fourth-order valence-electron chi connectivity index (χ4n) is 4.16. The van der Waals surface area contributed by atoms with Crippen LogP contribution in [0.1, 0.15) is 58.8 Å². The van der Waals surface area contributed by atoms with Crippen molar-refractivity contribution < 1.29 is 14.7 Å². The van der Waals surface area contributed by atoms with Gasteiger partial charge >= 0.3 is 0 Å². The summed E-state index contributed by atoms with van der Waals surface area (Å²) in [5, 5.41) is 11.3. The summed E-state index contributed by atoms with van der Waals surface area (Å²) >= 11 is 0. The third-order valence-corrected chi connectivity index (χ3v) is 5.35. The summed E-state index contributed by atoms with van der Waals surface area (Å²) in [5.74, 6) is -0.596. The number of carbonyl (C=O) groups is 2. The number of carbonyl (C=O) groups excluding carboxylic acids is 2. The van der Waals surface area contributed by atoms with Gasteiger partial charge < -0.3 is 10.0 Å². The van der Waals surface area contributed by atoms with E-state index in [1.165, 1.54) is 0 Å². The maximum absolute atomic E-state index is 13.1. The molecule has 0 bridgehead atoms. The lowest BCUT2D eigenvalue weighted by molar-refractivity contribution is -0.135. The Balaban J connectivity index is 1.99. The van der Waals surface area contributed by atoms with Crippen LogP contribution in [0.25, 0.3) is 0 Å². The predicted octanol–water partition coefficient (Wildman–Crippen LogP) is 4.22. The number of aryl methyl sites for hydroxylation is 3. The van der Waals surface area contributed by atoms with E-state index in [-0.39, 0.29) is 12.2 Å². The second kappa shape index (κ2) is 7.28. The van der Waals surface area contributed by atoms with Crippen molar-refractivity contribution in [2.45, 2.75) is 52.6 Å². The highest BCUT2D eigenvalue weighted by atomic mass is 16.3. The summed E-state index contributed by atoms with van der Waals surface area (Å²) in [4.78, 5) is 27.8. The molecule has 1 aliphatic heterocycles. The average molecular weight is 365 g/mol. The maximum atomic E-state index is 13.1. The number of fused-ring (bicyclic) bond motifs is 1. The van der Waals surface area contributed by atoms with E-state index < -0.39 is 11.5 Å². The molecular formula is C23H27NO3. The Morgan fingerprint density at radius 1 is 1.11 bits per heavy atom. The molecule has 0 saturated carbocycles. The van der Waals surface area contributed by atoms with Gasteiger partial charge in [0.2, 0.25) is 0 Å². The first-order chi connectivity index (χ1) is 12.8. The van der Waals surface area contributed by atoms with E-state index in [9.17, 15) is 14.7 Å². The Morgan fingerprint density at radius 2 is 1.74 bits per heavy atom. The Kier molecular flexibility index (Phi) is 5.20. The number of para-hydroxylation sites is 1. The molecular weight excluding hydrogens is 338 g/mol. The number of anilines is 1. The van der Waals surface area contributed by atoms with Gasteiger partial charge in [-0.15, -0.1) is 0 Å². The van der Waals surface area contributed by atoms with Crippen molar-refractivity contribution in [2.24, 2.45) is 0 Å². The second-order valence-corrected chi connectivity index (χ2v) is 7.56. The van der Waals surface area contributed by atoms with Crippen LogP contribution in [0.15, 0.2) is 36.4 Å². The van der Waals surface area contributed by atoms with E-state index in [2.05, 4.69) is 6.92 Å². The molecule has 1 atom stereocenters. The van der Waals surface area contributed by atoms with Gasteiger partial charge in [-0.05, 0) is 44.4 Å². The van der Waals surface area contributed by atoms with Gasteiger partial charge in [0.15, 0.2) is 11.4 Å². The number of unbranched alkanes of at least 4 members (excludes halogenated alkanes) is 1. The van der Waals surface area contributed by atoms with Crippen LogP contribution in [0.4, 0.5) is 5.69 Å². The fraction of sp³-hybridized carbons (Fsp3) is 0.391. The van der Waals surface area contributed by atoms with Crippen LogP contribution in [0.5, 0.6) is 0 Å². The molecule has 0 unspecified atom stereocenters. The number of benzene rings is 2. The highest BCUT2D eigenvalue weighted by molar-refractivity contribution is 6.11. The van der Waals surface area contributed by atoms with Crippen LogP contribution < -0.4 is 4.90 Å². The number of Topliss-reactive ketones (excluding diaryl/α,β-unsaturated/α-hetero) is 1. The summed E-state index contributed by atoms with van der Waals surface area (Å²) in [6, 6.07) is 11.2. The smallest absolute Gasteiger partial charge is 0.264 e. The van der Waals surface area contributed by atoms with Gasteiger partial charge in [-0.2, -0.15) is 0 Å². The maximum Gasteiger partial charge on any atom is 0.264 e. The standard InChI is InChI=1S/C23H27NO3/c1-5-6-11-24-19-10-8-7-9-18(19)23(27,22(24)26)14-20(25)21-16(3)12-15(2)13-17(21)4/h7-10,12-13,27H,5-6,11,14H2,1-4H3/t23-/m1/s1. The molecule has 1 heterocycles. The Bertz CT molecular complexity index is 879. The van der Waals surface area contributed by atoms with Crippen LogP contribution in [0.2, 0.25) is 0 Å².